The van der Waals surface area contributed by atoms with E-state index in [2.05, 4.69) is 13.8 Å². The minimum Gasteiger partial charge on any atom is -0.497 e. The maximum Gasteiger partial charge on any atom is 0.349 e. The number of ether oxygens (including phenoxy) is 2. The van der Waals surface area contributed by atoms with Crippen LogP contribution in [0.4, 0.5) is 0 Å². The molecule has 5 nitrogen and oxygen atoms in total. The van der Waals surface area contributed by atoms with Crippen LogP contribution < -0.4 is 4.74 Å². The van der Waals surface area contributed by atoms with Gasteiger partial charge in [0.1, 0.15) is 17.4 Å². The second-order valence-electron chi connectivity index (χ2n) is 6.22. The molecule has 0 atom stereocenters. The Kier molecular flexibility index (Phi) is 6.90. The number of hydrogen-bond acceptors (Lipinski definition) is 5. The van der Waals surface area contributed by atoms with Gasteiger partial charge in [-0.2, -0.15) is 5.26 Å². The highest BCUT2D eigenvalue weighted by molar-refractivity contribution is 6.01. The van der Waals surface area contributed by atoms with E-state index in [1.54, 1.807) is 49.6 Å². The van der Waals surface area contributed by atoms with Crippen molar-refractivity contribution in [3.63, 3.8) is 0 Å². The van der Waals surface area contributed by atoms with Crippen LogP contribution in [0.5, 0.6) is 5.75 Å². The topological polar surface area (TPSA) is 76.4 Å². The molecule has 0 amide bonds. The van der Waals surface area contributed by atoms with Crippen molar-refractivity contribution < 1.29 is 19.1 Å². The van der Waals surface area contributed by atoms with Crippen molar-refractivity contribution in [2.75, 3.05) is 13.7 Å². The highest BCUT2D eigenvalue weighted by Gasteiger charge is 2.14. The first-order valence-electron chi connectivity index (χ1n) is 8.50. The molecule has 0 radical (unpaired) electrons. The largest absolute Gasteiger partial charge is 0.497 e. The molecule has 0 heterocycles. The second-order valence-corrected chi connectivity index (χ2v) is 6.22. The summed E-state index contributed by atoms with van der Waals surface area (Å²) in [6.07, 6.45) is 1.41. The van der Waals surface area contributed by atoms with Gasteiger partial charge in [0.2, 0.25) is 0 Å². The van der Waals surface area contributed by atoms with E-state index >= 15 is 0 Å². The Labute approximate surface area is 158 Å². The molecule has 0 saturated carbocycles. The third kappa shape index (κ3) is 5.55. The zero-order valence-electron chi connectivity index (χ0n) is 15.6. The van der Waals surface area contributed by atoms with Gasteiger partial charge in [0.05, 0.1) is 7.11 Å². The van der Waals surface area contributed by atoms with Crippen molar-refractivity contribution in [2.24, 2.45) is 0 Å². The van der Waals surface area contributed by atoms with Gasteiger partial charge in [-0.05, 0) is 35.3 Å². The van der Waals surface area contributed by atoms with Crippen LogP contribution in [0.15, 0.2) is 54.1 Å². The van der Waals surface area contributed by atoms with Gasteiger partial charge in [-0.1, -0.05) is 50.2 Å². The summed E-state index contributed by atoms with van der Waals surface area (Å²) in [7, 11) is 1.55. The number of nitrogens with zero attached hydrogens (tertiary/aromatic N) is 1. The van der Waals surface area contributed by atoms with E-state index in [-0.39, 0.29) is 11.4 Å². The number of carbonyl (C=O) groups is 2. The summed E-state index contributed by atoms with van der Waals surface area (Å²) in [6, 6.07) is 15.9. The fourth-order valence-corrected chi connectivity index (χ4v) is 2.35. The van der Waals surface area contributed by atoms with Crippen LogP contribution in [-0.2, 0) is 9.53 Å². The second kappa shape index (κ2) is 9.35. The molecule has 5 heteroatoms. The standard InChI is InChI=1S/C22H21NO4/c1-15(2)17-6-8-18(9-7-17)21(24)14-27-22(25)19(13-23)12-16-4-10-20(26-3)11-5-16/h4-12,15H,14H2,1-3H3/b19-12+. The molecule has 0 spiro atoms. The van der Waals surface area contributed by atoms with Gasteiger partial charge in [0, 0.05) is 5.56 Å². The Balaban J connectivity index is 2.00. The van der Waals surface area contributed by atoms with Gasteiger partial charge in [-0.25, -0.2) is 4.79 Å². The number of Topliss-reactive ketones (excluding diaryl/α,β-unsaturated/α-hetero) is 1. The third-order valence-corrected chi connectivity index (χ3v) is 4.00. The Morgan fingerprint density at radius 1 is 1.07 bits per heavy atom. The number of esters is 1. The molecule has 0 aliphatic rings. The smallest absolute Gasteiger partial charge is 0.349 e. The van der Waals surface area contributed by atoms with Crippen LogP contribution >= 0.6 is 0 Å². The number of benzene rings is 2. The molecule has 2 aromatic carbocycles. The summed E-state index contributed by atoms with van der Waals surface area (Å²) in [5.41, 5.74) is 2.06. The summed E-state index contributed by atoms with van der Waals surface area (Å²) in [4.78, 5) is 24.3. The normalized spacial score (nSPS) is 11.0. The van der Waals surface area contributed by atoms with Gasteiger partial charge in [-0.15, -0.1) is 0 Å². The van der Waals surface area contributed by atoms with Gasteiger partial charge < -0.3 is 9.47 Å². The molecule has 0 aromatic heterocycles. The van der Waals surface area contributed by atoms with Crippen LogP contribution in [-0.4, -0.2) is 25.5 Å². The molecule has 0 aliphatic carbocycles. The van der Waals surface area contributed by atoms with Crippen LogP contribution in [0.3, 0.4) is 0 Å². The Morgan fingerprint density at radius 2 is 1.70 bits per heavy atom. The molecule has 0 N–H and O–H groups in total. The molecule has 0 unspecified atom stereocenters. The first-order valence-corrected chi connectivity index (χ1v) is 8.50. The fourth-order valence-electron chi connectivity index (χ4n) is 2.35. The fraction of sp³-hybridized carbons (Fsp3) is 0.227. The molecule has 2 rings (SSSR count). The van der Waals surface area contributed by atoms with E-state index in [1.807, 2.05) is 12.1 Å². The first-order chi connectivity index (χ1) is 12.9. The molecule has 2 aromatic rings. The van der Waals surface area contributed by atoms with Crippen molar-refractivity contribution in [3.8, 4) is 11.8 Å². The minimum absolute atomic E-state index is 0.178. The Bertz CT molecular complexity index is 872. The van der Waals surface area contributed by atoms with Crippen molar-refractivity contribution in [3.05, 3.63) is 70.8 Å². The maximum atomic E-state index is 12.2. The zero-order valence-corrected chi connectivity index (χ0v) is 15.6. The number of ketones is 1. The monoisotopic (exact) mass is 363 g/mol. The van der Waals surface area contributed by atoms with Crippen molar-refractivity contribution >= 4 is 17.8 Å². The van der Waals surface area contributed by atoms with Gasteiger partial charge >= 0.3 is 5.97 Å². The quantitative estimate of drug-likeness (QED) is 0.320. The summed E-state index contributed by atoms with van der Waals surface area (Å²) in [5.74, 6) is -0.114. The Hall–Kier alpha value is -3.39. The highest BCUT2D eigenvalue weighted by Crippen LogP contribution is 2.16. The summed E-state index contributed by atoms with van der Waals surface area (Å²) in [5, 5.41) is 9.19. The summed E-state index contributed by atoms with van der Waals surface area (Å²) >= 11 is 0. The molecular formula is C22H21NO4. The third-order valence-electron chi connectivity index (χ3n) is 4.00. The Morgan fingerprint density at radius 3 is 2.22 bits per heavy atom. The number of methoxy groups -OCH3 is 1. The number of rotatable bonds is 7. The highest BCUT2D eigenvalue weighted by atomic mass is 16.5. The molecular weight excluding hydrogens is 342 g/mol. The predicted molar refractivity (Wildman–Crippen MR) is 102 cm³/mol. The van der Waals surface area contributed by atoms with Crippen molar-refractivity contribution in [1.29, 1.82) is 5.26 Å². The molecule has 0 aliphatic heterocycles. The van der Waals surface area contributed by atoms with Gasteiger partial charge in [0.15, 0.2) is 12.4 Å². The average Bonchev–Trinajstić information content (AvgIpc) is 2.70. The maximum absolute atomic E-state index is 12.2. The van der Waals surface area contributed by atoms with Crippen LogP contribution in [0.1, 0.15) is 41.3 Å². The number of hydrogen-bond donors (Lipinski definition) is 0. The van der Waals surface area contributed by atoms with E-state index in [4.69, 9.17) is 9.47 Å². The number of carbonyl (C=O) groups excluding carboxylic acids is 2. The molecule has 0 fully saturated rings. The summed E-state index contributed by atoms with van der Waals surface area (Å²) < 4.78 is 10.1. The van der Waals surface area contributed by atoms with Crippen LogP contribution in [0.2, 0.25) is 0 Å². The lowest BCUT2D eigenvalue weighted by Crippen LogP contribution is -2.15. The van der Waals surface area contributed by atoms with Gasteiger partial charge in [0.25, 0.3) is 0 Å². The van der Waals surface area contributed by atoms with E-state index in [0.717, 1.165) is 5.56 Å². The van der Waals surface area contributed by atoms with Gasteiger partial charge in [-0.3, -0.25) is 4.79 Å². The molecule has 0 bridgehead atoms. The lowest BCUT2D eigenvalue weighted by Gasteiger charge is -2.07. The first kappa shape index (κ1) is 19.9. The predicted octanol–water partition coefficient (Wildman–Crippen LogP) is 4.15. The molecule has 0 saturated heterocycles. The molecule has 138 valence electrons. The van der Waals surface area contributed by atoms with Crippen molar-refractivity contribution in [1.82, 2.24) is 0 Å². The van der Waals surface area contributed by atoms with E-state index in [0.29, 0.717) is 22.8 Å². The van der Waals surface area contributed by atoms with Crippen LogP contribution in [0, 0.1) is 11.3 Å². The lowest BCUT2D eigenvalue weighted by atomic mass is 10.0. The zero-order chi connectivity index (χ0) is 19.8. The minimum atomic E-state index is -0.833. The SMILES string of the molecule is COc1ccc(/C=C(\C#N)C(=O)OCC(=O)c2ccc(C(C)C)cc2)cc1. The van der Waals surface area contributed by atoms with Crippen molar-refractivity contribution in [2.45, 2.75) is 19.8 Å². The lowest BCUT2D eigenvalue weighted by molar-refractivity contribution is -0.137. The van der Waals surface area contributed by atoms with Crippen LogP contribution in [0.25, 0.3) is 6.08 Å². The van der Waals surface area contributed by atoms with E-state index < -0.39 is 12.6 Å². The average molecular weight is 363 g/mol. The molecule has 27 heavy (non-hydrogen) atoms. The van der Waals surface area contributed by atoms with E-state index in [1.165, 1.54) is 6.08 Å². The number of nitriles is 1. The van der Waals surface area contributed by atoms with E-state index in [9.17, 15) is 14.9 Å². The summed E-state index contributed by atoms with van der Waals surface area (Å²) in [6.45, 7) is 3.72.